The lowest BCUT2D eigenvalue weighted by molar-refractivity contribution is -0.149. The second kappa shape index (κ2) is 8.65. The van der Waals surface area contributed by atoms with Gasteiger partial charge in [-0.25, -0.2) is 0 Å². The van der Waals surface area contributed by atoms with Crippen molar-refractivity contribution in [3.05, 3.63) is 66.2 Å². The second-order valence-electron chi connectivity index (χ2n) is 6.02. The number of rotatable bonds is 6. The second-order valence-corrected chi connectivity index (χ2v) is 6.02. The van der Waals surface area contributed by atoms with Crippen LogP contribution in [0.3, 0.4) is 0 Å². The van der Waals surface area contributed by atoms with Crippen LogP contribution in [0.2, 0.25) is 0 Å². The van der Waals surface area contributed by atoms with Gasteiger partial charge < -0.3 is 14.8 Å². The quantitative estimate of drug-likeness (QED) is 0.820. The number of hydrogen-bond donors (Lipinski definition) is 1. The number of esters is 1. The van der Waals surface area contributed by atoms with Crippen molar-refractivity contribution in [3.63, 3.8) is 0 Å². The van der Waals surface area contributed by atoms with Crippen LogP contribution < -0.4 is 5.32 Å². The summed E-state index contributed by atoms with van der Waals surface area (Å²) in [5.41, 5.74) is 2.02. The molecule has 1 saturated heterocycles. The van der Waals surface area contributed by atoms with Crippen LogP contribution in [0.15, 0.2) is 60.7 Å². The molecule has 0 aliphatic carbocycles. The fourth-order valence-corrected chi connectivity index (χ4v) is 3.19. The third-order valence-electron chi connectivity index (χ3n) is 4.45. The molecule has 2 atom stereocenters. The standard InChI is InChI=1S/C20H24N2O3/c1-24-20(23)19(22-12-14-25-15-13-22)18(16-8-4-2-5-9-16)21-17-10-6-3-7-11-17/h2-11,18-19,21H,12-15H2,1H3/t18-,19-/m0/s1. The van der Waals surface area contributed by atoms with Gasteiger partial charge in [0, 0.05) is 18.8 Å². The maximum Gasteiger partial charge on any atom is 0.325 e. The van der Waals surface area contributed by atoms with E-state index < -0.39 is 6.04 Å². The minimum Gasteiger partial charge on any atom is -0.468 e. The summed E-state index contributed by atoms with van der Waals surface area (Å²) in [6.45, 7) is 2.67. The SMILES string of the molecule is COC(=O)[C@H]([C@@H](Nc1ccccc1)c1ccccc1)N1CCOCC1. The lowest BCUT2D eigenvalue weighted by Gasteiger charge is -2.38. The van der Waals surface area contributed by atoms with E-state index in [-0.39, 0.29) is 12.0 Å². The van der Waals surface area contributed by atoms with Gasteiger partial charge in [-0.2, -0.15) is 0 Å². The first kappa shape index (κ1) is 17.5. The van der Waals surface area contributed by atoms with Gasteiger partial charge in [0.25, 0.3) is 0 Å². The highest BCUT2D eigenvalue weighted by Crippen LogP contribution is 2.27. The molecule has 25 heavy (non-hydrogen) atoms. The number of nitrogens with one attached hydrogen (secondary N) is 1. The van der Waals surface area contributed by atoms with Crippen LogP contribution in [-0.2, 0) is 14.3 Å². The van der Waals surface area contributed by atoms with E-state index in [0.717, 1.165) is 11.3 Å². The van der Waals surface area contributed by atoms with E-state index in [2.05, 4.69) is 10.2 Å². The maximum absolute atomic E-state index is 12.7. The van der Waals surface area contributed by atoms with Crippen LogP contribution in [0.4, 0.5) is 5.69 Å². The summed E-state index contributed by atoms with van der Waals surface area (Å²) >= 11 is 0. The molecule has 1 aliphatic heterocycles. The van der Waals surface area contributed by atoms with Crippen molar-refractivity contribution in [2.45, 2.75) is 12.1 Å². The molecular formula is C20H24N2O3. The van der Waals surface area contributed by atoms with E-state index in [1.807, 2.05) is 60.7 Å². The number of ether oxygens (including phenoxy) is 2. The number of hydrogen-bond acceptors (Lipinski definition) is 5. The van der Waals surface area contributed by atoms with Gasteiger partial charge in [-0.1, -0.05) is 48.5 Å². The van der Waals surface area contributed by atoms with Crippen molar-refractivity contribution < 1.29 is 14.3 Å². The minimum atomic E-state index is -0.420. The molecule has 1 aliphatic rings. The smallest absolute Gasteiger partial charge is 0.325 e. The molecular weight excluding hydrogens is 316 g/mol. The van der Waals surface area contributed by atoms with E-state index in [4.69, 9.17) is 9.47 Å². The Morgan fingerprint density at radius 3 is 2.24 bits per heavy atom. The van der Waals surface area contributed by atoms with Crippen LogP contribution in [0.1, 0.15) is 11.6 Å². The van der Waals surface area contributed by atoms with Crippen LogP contribution in [0.25, 0.3) is 0 Å². The van der Waals surface area contributed by atoms with Crippen molar-refractivity contribution in [2.24, 2.45) is 0 Å². The van der Waals surface area contributed by atoms with E-state index in [1.54, 1.807) is 0 Å². The van der Waals surface area contributed by atoms with Crippen molar-refractivity contribution in [1.82, 2.24) is 4.90 Å². The predicted molar refractivity (Wildman–Crippen MR) is 97.4 cm³/mol. The predicted octanol–water partition coefficient (Wildman–Crippen LogP) is 2.71. The molecule has 2 aromatic carbocycles. The number of methoxy groups -OCH3 is 1. The minimum absolute atomic E-state index is 0.214. The molecule has 0 spiro atoms. The molecule has 0 amide bonds. The lowest BCUT2D eigenvalue weighted by atomic mass is 9.97. The summed E-state index contributed by atoms with van der Waals surface area (Å²) in [5.74, 6) is -0.237. The zero-order chi connectivity index (χ0) is 17.5. The zero-order valence-electron chi connectivity index (χ0n) is 14.4. The Labute approximate surface area is 148 Å². The summed E-state index contributed by atoms with van der Waals surface area (Å²) in [4.78, 5) is 14.8. The maximum atomic E-state index is 12.7. The lowest BCUT2D eigenvalue weighted by Crippen LogP contribution is -2.52. The fourth-order valence-electron chi connectivity index (χ4n) is 3.19. The highest BCUT2D eigenvalue weighted by atomic mass is 16.5. The molecule has 0 saturated carbocycles. The number of carbonyl (C=O) groups excluding carboxylic acids is 1. The van der Waals surface area contributed by atoms with Crippen molar-refractivity contribution >= 4 is 11.7 Å². The zero-order valence-corrected chi connectivity index (χ0v) is 14.4. The number of anilines is 1. The summed E-state index contributed by atoms with van der Waals surface area (Å²) < 4.78 is 10.6. The van der Waals surface area contributed by atoms with Crippen molar-refractivity contribution in [1.29, 1.82) is 0 Å². The number of para-hydroxylation sites is 1. The monoisotopic (exact) mass is 340 g/mol. The van der Waals surface area contributed by atoms with Gasteiger partial charge in [0.1, 0.15) is 6.04 Å². The van der Waals surface area contributed by atoms with Crippen molar-refractivity contribution in [2.75, 3.05) is 38.7 Å². The molecule has 0 bridgehead atoms. The summed E-state index contributed by atoms with van der Waals surface area (Å²) in [5, 5.41) is 3.52. The molecule has 132 valence electrons. The van der Waals surface area contributed by atoms with Gasteiger partial charge in [-0.15, -0.1) is 0 Å². The first-order valence-corrected chi connectivity index (χ1v) is 8.56. The normalized spacial score (nSPS) is 17.5. The molecule has 0 unspecified atom stereocenters. The molecule has 1 N–H and O–H groups in total. The summed E-state index contributed by atoms with van der Waals surface area (Å²) in [7, 11) is 1.44. The van der Waals surface area contributed by atoms with E-state index in [1.165, 1.54) is 7.11 Å². The van der Waals surface area contributed by atoms with E-state index in [9.17, 15) is 4.79 Å². The van der Waals surface area contributed by atoms with Gasteiger partial charge >= 0.3 is 5.97 Å². The molecule has 5 heteroatoms. The van der Waals surface area contributed by atoms with Crippen LogP contribution in [0.5, 0.6) is 0 Å². The molecule has 0 aromatic heterocycles. The van der Waals surface area contributed by atoms with Crippen LogP contribution >= 0.6 is 0 Å². The molecule has 1 heterocycles. The highest BCUT2D eigenvalue weighted by molar-refractivity contribution is 5.78. The van der Waals surface area contributed by atoms with Gasteiger partial charge in [-0.3, -0.25) is 9.69 Å². The molecule has 2 aromatic rings. The Kier molecular flexibility index (Phi) is 6.04. The van der Waals surface area contributed by atoms with Gasteiger partial charge in [0.15, 0.2) is 0 Å². The Bertz CT molecular complexity index is 657. The van der Waals surface area contributed by atoms with Crippen LogP contribution in [-0.4, -0.2) is 50.3 Å². The Balaban J connectivity index is 1.95. The molecule has 3 rings (SSSR count). The number of nitrogens with zero attached hydrogens (tertiary/aromatic N) is 1. The third-order valence-corrected chi connectivity index (χ3v) is 4.45. The average Bonchev–Trinajstić information content (AvgIpc) is 2.69. The Hall–Kier alpha value is -2.37. The van der Waals surface area contributed by atoms with Gasteiger partial charge in [0.05, 0.1) is 26.4 Å². The van der Waals surface area contributed by atoms with Crippen molar-refractivity contribution in [3.8, 4) is 0 Å². The summed E-state index contributed by atoms with van der Waals surface area (Å²) in [6.07, 6.45) is 0. The number of carbonyl (C=O) groups is 1. The molecule has 1 fully saturated rings. The topological polar surface area (TPSA) is 50.8 Å². The number of benzene rings is 2. The Morgan fingerprint density at radius 2 is 1.64 bits per heavy atom. The van der Waals surface area contributed by atoms with E-state index >= 15 is 0 Å². The Morgan fingerprint density at radius 1 is 1.04 bits per heavy atom. The average molecular weight is 340 g/mol. The fraction of sp³-hybridized carbons (Fsp3) is 0.350. The number of morpholine rings is 1. The largest absolute Gasteiger partial charge is 0.468 e. The highest BCUT2D eigenvalue weighted by Gasteiger charge is 2.36. The van der Waals surface area contributed by atoms with Crippen LogP contribution in [0, 0.1) is 0 Å². The van der Waals surface area contributed by atoms with Gasteiger partial charge in [0.2, 0.25) is 0 Å². The first-order valence-electron chi connectivity index (χ1n) is 8.56. The molecule has 5 nitrogen and oxygen atoms in total. The third kappa shape index (κ3) is 4.38. The van der Waals surface area contributed by atoms with E-state index in [0.29, 0.717) is 26.3 Å². The molecule has 0 radical (unpaired) electrons. The first-order chi connectivity index (χ1) is 12.3. The summed E-state index contributed by atoms with van der Waals surface area (Å²) in [6, 6.07) is 19.3. The van der Waals surface area contributed by atoms with Gasteiger partial charge in [-0.05, 0) is 17.7 Å².